The Kier molecular flexibility index (Phi) is 5.82. The van der Waals surface area contributed by atoms with Crippen molar-refractivity contribution in [1.82, 2.24) is 10.3 Å². The fraction of sp³-hybridized carbons (Fsp3) is 0.312. The molecule has 0 saturated carbocycles. The van der Waals surface area contributed by atoms with Crippen LogP contribution in [0.25, 0.3) is 0 Å². The summed E-state index contributed by atoms with van der Waals surface area (Å²) in [5, 5.41) is 3.35. The second-order valence-electron chi connectivity index (χ2n) is 4.85. The number of nitrogens with one attached hydrogen (secondary N) is 1. The summed E-state index contributed by atoms with van der Waals surface area (Å²) >= 11 is 3.35. The zero-order valence-corrected chi connectivity index (χ0v) is 13.3. The Balaban J connectivity index is 2.20. The van der Waals surface area contributed by atoms with E-state index < -0.39 is 11.6 Å². The number of nitrogens with zero attached hydrogens (tertiary/aromatic N) is 1. The Morgan fingerprint density at radius 1 is 1.19 bits per heavy atom. The van der Waals surface area contributed by atoms with E-state index in [-0.39, 0.29) is 6.04 Å². The zero-order valence-electron chi connectivity index (χ0n) is 11.7. The number of halogens is 3. The van der Waals surface area contributed by atoms with Crippen LogP contribution in [0.3, 0.4) is 0 Å². The van der Waals surface area contributed by atoms with Crippen molar-refractivity contribution in [3.05, 3.63) is 63.9 Å². The van der Waals surface area contributed by atoms with Gasteiger partial charge in [0.15, 0.2) is 11.6 Å². The van der Waals surface area contributed by atoms with Gasteiger partial charge in [-0.3, -0.25) is 4.98 Å². The third kappa shape index (κ3) is 4.58. The van der Waals surface area contributed by atoms with E-state index in [4.69, 9.17) is 0 Å². The third-order valence-electron chi connectivity index (χ3n) is 3.19. The quantitative estimate of drug-likeness (QED) is 0.831. The lowest BCUT2D eigenvalue weighted by Crippen LogP contribution is -2.24. The normalized spacial score (nSPS) is 12.4. The summed E-state index contributed by atoms with van der Waals surface area (Å²) < 4.78 is 27.4. The topological polar surface area (TPSA) is 24.9 Å². The van der Waals surface area contributed by atoms with Crippen LogP contribution in [0.4, 0.5) is 8.78 Å². The molecule has 1 atom stereocenters. The van der Waals surface area contributed by atoms with Gasteiger partial charge in [-0.25, -0.2) is 8.78 Å². The van der Waals surface area contributed by atoms with Crippen molar-refractivity contribution >= 4 is 15.9 Å². The molecule has 0 spiro atoms. The fourth-order valence-electron chi connectivity index (χ4n) is 2.09. The number of hydrogen-bond donors (Lipinski definition) is 1. The van der Waals surface area contributed by atoms with Gasteiger partial charge in [-0.15, -0.1) is 0 Å². The van der Waals surface area contributed by atoms with Gasteiger partial charge >= 0.3 is 0 Å². The van der Waals surface area contributed by atoms with Crippen LogP contribution >= 0.6 is 15.9 Å². The Morgan fingerprint density at radius 3 is 2.62 bits per heavy atom. The second-order valence-corrected chi connectivity index (χ2v) is 5.77. The van der Waals surface area contributed by atoms with Crippen molar-refractivity contribution < 1.29 is 8.78 Å². The van der Waals surface area contributed by atoms with Crippen LogP contribution in [0.15, 0.2) is 41.0 Å². The molecule has 0 saturated heterocycles. The monoisotopic (exact) mass is 354 g/mol. The SMILES string of the molecule is CCCNC(Cc1ccc(Br)cn1)c1ccc(F)c(F)c1. The van der Waals surface area contributed by atoms with Gasteiger partial charge in [0.2, 0.25) is 0 Å². The average Bonchev–Trinajstić information content (AvgIpc) is 2.48. The summed E-state index contributed by atoms with van der Waals surface area (Å²) in [6.45, 7) is 2.87. The molecule has 0 aliphatic rings. The lowest BCUT2D eigenvalue weighted by Gasteiger charge is -2.19. The van der Waals surface area contributed by atoms with Gasteiger partial charge in [-0.1, -0.05) is 13.0 Å². The van der Waals surface area contributed by atoms with Gasteiger partial charge in [-0.2, -0.15) is 0 Å². The third-order valence-corrected chi connectivity index (χ3v) is 3.66. The molecular formula is C16H17BrF2N2. The highest BCUT2D eigenvalue weighted by Gasteiger charge is 2.14. The van der Waals surface area contributed by atoms with E-state index in [1.54, 1.807) is 12.3 Å². The first-order valence-corrected chi connectivity index (χ1v) is 7.68. The van der Waals surface area contributed by atoms with Crippen LogP contribution in [0.5, 0.6) is 0 Å². The molecule has 2 nitrogen and oxygen atoms in total. The Hall–Kier alpha value is -1.33. The lowest BCUT2D eigenvalue weighted by atomic mass is 10.0. The van der Waals surface area contributed by atoms with Crippen molar-refractivity contribution in [1.29, 1.82) is 0 Å². The first-order valence-electron chi connectivity index (χ1n) is 6.89. The smallest absolute Gasteiger partial charge is 0.159 e. The standard InChI is InChI=1S/C16H17BrF2N2/c1-2-7-20-16(9-13-5-4-12(17)10-21-13)11-3-6-14(18)15(19)8-11/h3-6,8,10,16,20H,2,7,9H2,1H3. The highest BCUT2D eigenvalue weighted by atomic mass is 79.9. The molecule has 1 aromatic heterocycles. The summed E-state index contributed by atoms with van der Waals surface area (Å²) in [5.74, 6) is -1.64. The summed E-state index contributed by atoms with van der Waals surface area (Å²) in [7, 11) is 0. The second kappa shape index (κ2) is 7.61. The van der Waals surface area contributed by atoms with Crippen molar-refractivity contribution in [2.45, 2.75) is 25.8 Å². The minimum absolute atomic E-state index is 0.0891. The summed E-state index contributed by atoms with van der Waals surface area (Å²) in [6.07, 6.45) is 3.32. The number of benzene rings is 1. The van der Waals surface area contributed by atoms with Gasteiger partial charge < -0.3 is 5.32 Å². The van der Waals surface area contributed by atoms with Crippen LogP contribution in [0, 0.1) is 11.6 Å². The first-order chi connectivity index (χ1) is 10.1. The van der Waals surface area contributed by atoms with Gasteiger partial charge in [0, 0.05) is 28.8 Å². The summed E-state index contributed by atoms with van der Waals surface area (Å²) in [5.41, 5.74) is 1.63. The van der Waals surface area contributed by atoms with Crippen molar-refractivity contribution in [3.8, 4) is 0 Å². The number of hydrogen-bond acceptors (Lipinski definition) is 2. The largest absolute Gasteiger partial charge is 0.310 e. The van der Waals surface area contributed by atoms with E-state index in [0.717, 1.165) is 28.7 Å². The molecule has 1 N–H and O–H groups in total. The molecule has 0 bridgehead atoms. The molecular weight excluding hydrogens is 338 g/mol. The minimum Gasteiger partial charge on any atom is -0.310 e. The maximum Gasteiger partial charge on any atom is 0.159 e. The summed E-state index contributed by atoms with van der Waals surface area (Å²) in [4.78, 5) is 4.34. The molecule has 21 heavy (non-hydrogen) atoms. The molecule has 1 unspecified atom stereocenters. The van der Waals surface area contributed by atoms with Crippen LogP contribution < -0.4 is 5.32 Å². The fourth-order valence-corrected chi connectivity index (χ4v) is 2.33. The average molecular weight is 355 g/mol. The van der Waals surface area contributed by atoms with Gasteiger partial charge in [-0.05, 0) is 58.7 Å². The van der Waals surface area contributed by atoms with E-state index in [2.05, 4.69) is 33.2 Å². The maximum atomic E-state index is 13.4. The molecule has 0 aliphatic carbocycles. The van der Waals surface area contributed by atoms with Crippen LogP contribution in [-0.2, 0) is 6.42 Å². The van der Waals surface area contributed by atoms with Crippen LogP contribution in [0.2, 0.25) is 0 Å². The van der Waals surface area contributed by atoms with Crippen molar-refractivity contribution in [2.24, 2.45) is 0 Å². The van der Waals surface area contributed by atoms with Crippen molar-refractivity contribution in [2.75, 3.05) is 6.54 Å². The van der Waals surface area contributed by atoms with Gasteiger partial charge in [0.1, 0.15) is 0 Å². The van der Waals surface area contributed by atoms with Crippen molar-refractivity contribution in [3.63, 3.8) is 0 Å². The Bertz CT molecular complexity index is 587. The lowest BCUT2D eigenvalue weighted by molar-refractivity contribution is 0.492. The number of rotatable bonds is 6. The molecule has 1 aromatic carbocycles. The zero-order chi connectivity index (χ0) is 15.2. The molecule has 0 amide bonds. The predicted octanol–water partition coefficient (Wildman–Crippen LogP) is 4.41. The van der Waals surface area contributed by atoms with E-state index >= 15 is 0 Å². The van der Waals surface area contributed by atoms with Crippen LogP contribution in [-0.4, -0.2) is 11.5 Å². The van der Waals surface area contributed by atoms with E-state index in [9.17, 15) is 8.78 Å². The molecule has 112 valence electrons. The minimum atomic E-state index is -0.824. The van der Waals surface area contributed by atoms with Gasteiger partial charge in [0.25, 0.3) is 0 Å². The number of aromatic nitrogens is 1. The first kappa shape index (κ1) is 16.0. The molecule has 2 aromatic rings. The Labute approximate surface area is 131 Å². The van der Waals surface area contributed by atoms with Gasteiger partial charge in [0.05, 0.1) is 0 Å². The maximum absolute atomic E-state index is 13.4. The summed E-state index contributed by atoms with van der Waals surface area (Å²) in [6, 6.07) is 7.79. The van der Waals surface area contributed by atoms with E-state index in [1.165, 1.54) is 12.1 Å². The molecule has 1 heterocycles. The molecule has 0 fully saturated rings. The van der Waals surface area contributed by atoms with E-state index in [0.29, 0.717) is 6.42 Å². The highest BCUT2D eigenvalue weighted by Crippen LogP contribution is 2.20. The molecule has 0 aliphatic heterocycles. The highest BCUT2D eigenvalue weighted by molar-refractivity contribution is 9.10. The Morgan fingerprint density at radius 2 is 2.00 bits per heavy atom. The predicted molar refractivity (Wildman–Crippen MR) is 83.0 cm³/mol. The molecule has 5 heteroatoms. The van der Waals surface area contributed by atoms with Crippen LogP contribution in [0.1, 0.15) is 30.6 Å². The number of pyridine rings is 1. The molecule has 2 rings (SSSR count). The van der Waals surface area contributed by atoms with E-state index in [1.807, 2.05) is 12.1 Å². The molecule has 0 radical (unpaired) electrons.